The van der Waals surface area contributed by atoms with Gasteiger partial charge < -0.3 is 4.55 Å². The van der Waals surface area contributed by atoms with E-state index in [1.54, 1.807) is 12.1 Å². The Morgan fingerprint density at radius 1 is 1.18 bits per heavy atom. The van der Waals surface area contributed by atoms with E-state index in [0.717, 1.165) is 35.1 Å². The van der Waals surface area contributed by atoms with Crippen LogP contribution in [0.5, 0.6) is 0 Å². The van der Waals surface area contributed by atoms with Gasteiger partial charge in [-0.2, -0.15) is 0 Å². The molecule has 0 saturated carbocycles. The molecule has 0 bridgehead atoms. The van der Waals surface area contributed by atoms with Crippen molar-refractivity contribution in [2.45, 2.75) is 51.3 Å². The molecule has 0 spiro atoms. The van der Waals surface area contributed by atoms with Crippen molar-refractivity contribution in [3.63, 3.8) is 0 Å². The summed E-state index contributed by atoms with van der Waals surface area (Å²) < 4.78 is 34.6. The summed E-state index contributed by atoms with van der Waals surface area (Å²) in [6.07, 6.45) is 1.68. The Balaban J connectivity index is 0.00000242. The fraction of sp³-hybridized carbons (Fsp3) is 0.412. The molecular weight excluding hydrogens is 307 g/mol. The molecule has 2 aliphatic carbocycles. The summed E-state index contributed by atoms with van der Waals surface area (Å²) in [5.74, 6) is 0.349. The molecule has 0 unspecified atom stereocenters. The van der Waals surface area contributed by atoms with Crippen molar-refractivity contribution in [2.24, 2.45) is 0 Å². The molecule has 0 amide bonds. The van der Waals surface area contributed by atoms with Crippen molar-refractivity contribution in [3.8, 4) is 11.1 Å². The van der Waals surface area contributed by atoms with Crippen molar-refractivity contribution >= 4 is 10.1 Å². The first-order valence-corrected chi connectivity index (χ1v) is 8.68. The van der Waals surface area contributed by atoms with Gasteiger partial charge in [-0.25, -0.2) is 8.42 Å². The zero-order chi connectivity index (χ0) is 15.8. The van der Waals surface area contributed by atoms with Gasteiger partial charge in [0.25, 0.3) is 0 Å². The number of aryl methyl sites for hydroxylation is 2. The molecule has 0 N–H and O–H groups in total. The molecular formula is C17H21NaO3S. The third kappa shape index (κ3) is 3.92. The van der Waals surface area contributed by atoms with Crippen molar-refractivity contribution in [2.75, 3.05) is 0 Å². The minimum absolute atomic E-state index is 0. The Kier molecular flexibility index (Phi) is 6.66. The Bertz CT molecular complexity index is 736. The zero-order valence-electron chi connectivity index (χ0n) is 13.9. The molecule has 0 aromatic carbocycles. The van der Waals surface area contributed by atoms with E-state index in [4.69, 9.17) is 0 Å². The third-order valence-corrected chi connectivity index (χ3v) is 4.71. The molecule has 0 heterocycles. The van der Waals surface area contributed by atoms with E-state index in [0.29, 0.717) is 11.5 Å². The van der Waals surface area contributed by atoms with Crippen LogP contribution in [-0.4, -0.2) is 13.0 Å². The number of fused-ring (bicyclic) bond motifs is 1. The van der Waals surface area contributed by atoms with Crippen LogP contribution in [0.2, 0.25) is 0 Å². The van der Waals surface area contributed by atoms with Gasteiger partial charge in [-0.3, -0.25) is 0 Å². The second kappa shape index (κ2) is 7.45. The van der Waals surface area contributed by atoms with E-state index in [-0.39, 0.29) is 34.5 Å². The van der Waals surface area contributed by atoms with Gasteiger partial charge in [-0.1, -0.05) is 45.4 Å². The fourth-order valence-electron chi connectivity index (χ4n) is 2.82. The molecule has 5 heteroatoms. The number of rotatable bonds is 4. The molecule has 0 radical (unpaired) electrons. The van der Waals surface area contributed by atoms with Crippen LogP contribution in [0.3, 0.4) is 0 Å². The molecule has 2 rings (SSSR count). The summed E-state index contributed by atoms with van der Waals surface area (Å²) >= 11 is 0. The van der Waals surface area contributed by atoms with Gasteiger partial charge in [0.2, 0.25) is 0 Å². The third-order valence-electron chi connectivity index (χ3n) is 3.84. The van der Waals surface area contributed by atoms with E-state index in [2.05, 4.69) is 19.9 Å². The fourth-order valence-corrected chi connectivity index (χ4v) is 3.54. The van der Waals surface area contributed by atoms with Crippen molar-refractivity contribution < 1.29 is 42.5 Å². The van der Waals surface area contributed by atoms with Gasteiger partial charge in [-0.15, -0.1) is 0 Å². The smallest absolute Gasteiger partial charge is 0.744 e. The predicted molar refractivity (Wildman–Crippen MR) is 83.8 cm³/mol. The molecule has 3 nitrogen and oxygen atoms in total. The zero-order valence-corrected chi connectivity index (χ0v) is 16.8. The van der Waals surface area contributed by atoms with E-state index < -0.39 is 10.1 Å². The number of hydrogen-bond donors (Lipinski definition) is 0. The molecule has 0 aliphatic heterocycles. The molecule has 0 aromatic rings. The molecule has 0 fully saturated rings. The molecule has 0 aromatic heterocycles. The van der Waals surface area contributed by atoms with Gasteiger partial charge in [-0.05, 0) is 53.1 Å². The normalized spacial score (nSPS) is 11.7. The van der Waals surface area contributed by atoms with Crippen LogP contribution in [0.25, 0.3) is 11.1 Å². The maximum absolute atomic E-state index is 11.5. The minimum Gasteiger partial charge on any atom is -0.744 e. The largest absolute Gasteiger partial charge is 1.00 e. The molecule has 22 heavy (non-hydrogen) atoms. The summed E-state index contributed by atoms with van der Waals surface area (Å²) in [6.45, 7) is 8.21. The van der Waals surface area contributed by atoms with E-state index in [9.17, 15) is 13.0 Å². The second-order valence-corrected chi connectivity index (χ2v) is 7.19. The van der Waals surface area contributed by atoms with Crippen LogP contribution in [0.4, 0.5) is 0 Å². The van der Waals surface area contributed by atoms with E-state index >= 15 is 0 Å². The van der Waals surface area contributed by atoms with Crippen LogP contribution < -0.4 is 29.6 Å². The molecule has 2 aliphatic rings. The Morgan fingerprint density at radius 2 is 1.82 bits per heavy atom. The molecule has 0 saturated heterocycles. The van der Waals surface area contributed by atoms with Crippen molar-refractivity contribution in [3.05, 3.63) is 41.0 Å². The average molecular weight is 328 g/mol. The summed E-state index contributed by atoms with van der Waals surface area (Å²) in [5.41, 5.74) is 4.58. The Hall–Kier alpha value is -0.390. The Morgan fingerprint density at radius 3 is 2.32 bits per heavy atom. The average Bonchev–Trinajstić information content (AvgIpc) is 2.63. The maximum atomic E-state index is 11.5. The summed E-state index contributed by atoms with van der Waals surface area (Å²) in [5, 5.41) is 0. The summed E-state index contributed by atoms with van der Waals surface area (Å²) in [7, 11) is -4.46. The van der Waals surface area contributed by atoms with E-state index in [1.807, 2.05) is 19.9 Å². The quantitative estimate of drug-likeness (QED) is 0.623. The van der Waals surface area contributed by atoms with E-state index in [1.165, 1.54) is 0 Å². The first-order valence-electron chi connectivity index (χ1n) is 7.27. The monoisotopic (exact) mass is 328 g/mol. The van der Waals surface area contributed by atoms with Gasteiger partial charge in [0.15, 0.2) is 0 Å². The van der Waals surface area contributed by atoms with Crippen LogP contribution in [0.1, 0.15) is 49.8 Å². The Labute approximate surface area is 155 Å². The first kappa shape index (κ1) is 19.7. The maximum Gasteiger partial charge on any atom is 1.00 e. The predicted octanol–water partition coefficient (Wildman–Crippen LogP) is 1.08. The summed E-state index contributed by atoms with van der Waals surface area (Å²) in [4.78, 5) is -0.0880. The molecule has 114 valence electrons. The van der Waals surface area contributed by atoms with Gasteiger partial charge in [0, 0.05) is 0 Å². The van der Waals surface area contributed by atoms with Gasteiger partial charge in [0.05, 0.1) is 4.90 Å². The van der Waals surface area contributed by atoms with Crippen molar-refractivity contribution in [1.82, 2.24) is 0 Å². The second-order valence-electron chi connectivity index (χ2n) is 5.84. The first-order chi connectivity index (χ1) is 9.75. The van der Waals surface area contributed by atoms with Crippen LogP contribution in [0, 0.1) is 6.92 Å². The van der Waals surface area contributed by atoms with Gasteiger partial charge >= 0.3 is 29.6 Å². The SMILES string of the molecule is CCCc1cc(S(=O)(=O)[O-])c2ccc(C(C)C)cc(C)c1-2.[Na+]. The molecule has 0 atom stereocenters. The van der Waals surface area contributed by atoms with Crippen molar-refractivity contribution in [1.29, 1.82) is 0 Å². The number of hydrogen-bond acceptors (Lipinski definition) is 3. The standard InChI is InChI=1S/C17H22O3S.Na/c1-5-6-14-10-16(21(18,19)20)15-8-7-13(11(2)3)9-12(4)17(14)15;/h7-11H,5-6H2,1-4H3,(H,18,19,20);/q;+1/p-1. The topological polar surface area (TPSA) is 57.2 Å². The summed E-state index contributed by atoms with van der Waals surface area (Å²) in [6, 6.07) is 7.35. The van der Waals surface area contributed by atoms with Crippen LogP contribution >= 0.6 is 0 Å². The van der Waals surface area contributed by atoms with Crippen LogP contribution in [0.15, 0.2) is 29.2 Å². The van der Waals surface area contributed by atoms with Gasteiger partial charge in [0.1, 0.15) is 10.1 Å². The minimum atomic E-state index is -4.46. The van der Waals surface area contributed by atoms with Crippen LogP contribution in [-0.2, 0) is 16.5 Å².